The summed E-state index contributed by atoms with van der Waals surface area (Å²) in [6, 6.07) is 12.3. The number of aromatic hydroxyl groups is 1. The smallest absolute Gasteiger partial charge is 0.260 e. The number of phenols is 1. The molecular weight excluding hydrogens is 356 g/mol. The van der Waals surface area contributed by atoms with E-state index in [0.717, 1.165) is 16.9 Å². The number of amides is 2. The maximum atomic E-state index is 12.7. The zero-order valence-corrected chi connectivity index (χ0v) is 16.4. The molecule has 148 valence electrons. The van der Waals surface area contributed by atoms with Gasteiger partial charge in [-0.25, -0.2) is 0 Å². The predicted molar refractivity (Wildman–Crippen MR) is 107 cm³/mol. The van der Waals surface area contributed by atoms with Crippen molar-refractivity contribution in [2.75, 3.05) is 32.8 Å². The SMILES string of the molecule is Cc1cccc(OCC(=O)N2CCCN(C(=O)c3ccccc3O)CC2)c1C. The third-order valence-corrected chi connectivity index (χ3v) is 5.18. The molecular formula is C22H26N2O4. The minimum absolute atomic E-state index is 0.0162. The van der Waals surface area contributed by atoms with E-state index in [9.17, 15) is 14.7 Å². The van der Waals surface area contributed by atoms with Gasteiger partial charge in [0.1, 0.15) is 11.5 Å². The van der Waals surface area contributed by atoms with E-state index in [-0.39, 0.29) is 24.2 Å². The van der Waals surface area contributed by atoms with E-state index >= 15 is 0 Å². The summed E-state index contributed by atoms with van der Waals surface area (Å²) in [5.74, 6) is 0.405. The fourth-order valence-corrected chi connectivity index (χ4v) is 3.31. The number of ether oxygens (including phenoxy) is 1. The van der Waals surface area contributed by atoms with Crippen LogP contribution < -0.4 is 4.74 Å². The standard InChI is InChI=1S/C22H26N2O4/c1-16-7-5-10-20(17(16)2)28-15-21(26)23-11-6-12-24(14-13-23)22(27)18-8-3-4-9-19(18)25/h3-5,7-10,25H,6,11-15H2,1-2H3. The number of hydrogen-bond donors (Lipinski definition) is 1. The Morgan fingerprint density at radius 2 is 1.68 bits per heavy atom. The van der Waals surface area contributed by atoms with Gasteiger partial charge in [-0.2, -0.15) is 0 Å². The maximum absolute atomic E-state index is 12.7. The number of carbonyl (C=O) groups is 2. The van der Waals surface area contributed by atoms with Crippen molar-refractivity contribution in [3.8, 4) is 11.5 Å². The molecule has 28 heavy (non-hydrogen) atoms. The molecule has 3 rings (SSSR count). The molecule has 1 fully saturated rings. The second kappa shape index (κ2) is 8.78. The Morgan fingerprint density at radius 3 is 2.46 bits per heavy atom. The first-order valence-corrected chi connectivity index (χ1v) is 9.51. The van der Waals surface area contributed by atoms with Crippen LogP contribution in [0.4, 0.5) is 0 Å². The van der Waals surface area contributed by atoms with E-state index in [4.69, 9.17) is 4.74 Å². The van der Waals surface area contributed by atoms with Crippen molar-refractivity contribution in [1.29, 1.82) is 0 Å². The largest absolute Gasteiger partial charge is 0.507 e. The van der Waals surface area contributed by atoms with Gasteiger partial charge in [0.25, 0.3) is 11.8 Å². The molecule has 0 bridgehead atoms. The quantitative estimate of drug-likeness (QED) is 0.883. The molecule has 0 spiro atoms. The highest BCUT2D eigenvalue weighted by molar-refractivity contribution is 5.96. The molecule has 0 aliphatic carbocycles. The molecule has 0 saturated carbocycles. The van der Waals surface area contributed by atoms with Gasteiger partial charge in [0, 0.05) is 26.2 Å². The Kier molecular flexibility index (Phi) is 6.19. The highest BCUT2D eigenvalue weighted by atomic mass is 16.5. The van der Waals surface area contributed by atoms with Crippen molar-refractivity contribution in [3.05, 3.63) is 59.2 Å². The van der Waals surface area contributed by atoms with Gasteiger partial charge in [-0.1, -0.05) is 24.3 Å². The van der Waals surface area contributed by atoms with Gasteiger partial charge in [-0.05, 0) is 49.6 Å². The van der Waals surface area contributed by atoms with Crippen LogP contribution in [0.25, 0.3) is 0 Å². The van der Waals surface area contributed by atoms with Crippen LogP contribution >= 0.6 is 0 Å². The number of hydrogen-bond acceptors (Lipinski definition) is 4. The molecule has 6 nitrogen and oxygen atoms in total. The summed E-state index contributed by atoms with van der Waals surface area (Å²) in [6.45, 7) is 5.99. The van der Waals surface area contributed by atoms with E-state index in [0.29, 0.717) is 38.2 Å². The summed E-state index contributed by atoms with van der Waals surface area (Å²) in [6.07, 6.45) is 0.689. The van der Waals surface area contributed by atoms with E-state index in [1.54, 1.807) is 28.0 Å². The van der Waals surface area contributed by atoms with Crippen LogP contribution in [0.15, 0.2) is 42.5 Å². The Balaban J connectivity index is 1.57. The first kappa shape index (κ1) is 19.7. The Morgan fingerprint density at radius 1 is 0.964 bits per heavy atom. The molecule has 2 aromatic carbocycles. The first-order chi connectivity index (χ1) is 13.5. The molecule has 1 N–H and O–H groups in total. The molecule has 0 unspecified atom stereocenters. The van der Waals surface area contributed by atoms with Gasteiger partial charge in [0.05, 0.1) is 5.56 Å². The number of para-hydroxylation sites is 1. The number of phenolic OH excluding ortho intramolecular Hbond substituents is 1. The molecule has 0 radical (unpaired) electrons. The van der Waals surface area contributed by atoms with E-state index in [1.165, 1.54) is 6.07 Å². The number of nitrogens with zero attached hydrogens (tertiary/aromatic N) is 2. The Labute approximate surface area is 165 Å². The monoisotopic (exact) mass is 382 g/mol. The molecule has 1 aliphatic heterocycles. The number of carbonyl (C=O) groups excluding carboxylic acids is 2. The molecule has 1 aliphatic rings. The lowest BCUT2D eigenvalue weighted by Crippen LogP contribution is -2.39. The summed E-state index contributed by atoms with van der Waals surface area (Å²) >= 11 is 0. The highest BCUT2D eigenvalue weighted by Crippen LogP contribution is 2.21. The Hall–Kier alpha value is -3.02. The van der Waals surface area contributed by atoms with Crippen molar-refractivity contribution < 1.29 is 19.4 Å². The fourth-order valence-electron chi connectivity index (χ4n) is 3.31. The number of aryl methyl sites for hydroxylation is 1. The maximum Gasteiger partial charge on any atom is 0.260 e. The summed E-state index contributed by atoms with van der Waals surface area (Å²) in [7, 11) is 0. The lowest BCUT2D eigenvalue weighted by atomic mass is 10.1. The lowest BCUT2D eigenvalue weighted by molar-refractivity contribution is -0.133. The van der Waals surface area contributed by atoms with Crippen LogP contribution in [0.3, 0.4) is 0 Å². The van der Waals surface area contributed by atoms with Crippen LogP contribution in [-0.2, 0) is 4.79 Å². The molecule has 0 atom stereocenters. The van der Waals surface area contributed by atoms with Crippen molar-refractivity contribution in [1.82, 2.24) is 9.80 Å². The van der Waals surface area contributed by atoms with E-state index in [1.807, 2.05) is 32.0 Å². The fraction of sp³-hybridized carbons (Fsp3) is 0.364. The third-order valence-electron chi connectivity index (χ3n) is 5.18. The first-order valence-electron chi connectivity index (χ1n) is 9.51. The Bertz CT molecular complexity index is 865. The van der Waals surface area contributed by atoms with Crippen molar-refractivity contribution in [2.45, 2.75) is 20.3 Å². The lowest BCUT2D eigenvalue weighted by Gasteiger charge is -2.22. The molecule has 0 aromatic heterocycles. The normalized spacial score (nSPS) is 14.5. The number of rotatable bonds is 4. The molecule has 6 heteroatoms. The third kappa shape index (κ3) is 4.44. The van der Waals surface area contributed by atoms with Gasteiger partial charge in [-0.15, -0.1) is 0 Å². The van der Waals surface area contributed by atoms with E-state index < -0.39 is 0 Å². The average molecular weight is 382 g/mol. The van der Waals surface area contributed by atoms with Crippen molar-refractivity contribution in [2.24, 2.45) is 0 Å². The molecule has 1 saturated heterocycles. The summed E-state index contributed by atoms with van der Waals surface area (Å²) in [5, 5.41) is 9.91. The molecule has 1 heterocycles. The van der Waals surface area contributed by atoms with Crippen LogP contribution in [0.2, 0.25) is 0 Å². The molecule has 2 aromatic rings. The van der Waals surface area contributed by atoms with Crippen molar-refractivity contribution >= 4 is 11.8 Å². The second-order valence-corrected chi connectivity index (χ2v) is 7.03. The van der Waals surface area contributed by atoms with Crippen LogP contribution in [0.1, 0.15) is 27.9 Å². The zero-order valence-electron chi connectivity index (χ0n) is 16.4. The second-order valence-electron chi connectivity index (χ2n) is 7.03. The molecule has 2 amide bonds. The summed E-state index contributed by atoms with van der Waals surface area (Å²) in [4.78, 5) is 28.7. The number of benzene rings is 2. The van der Waals surface area contributed by atoms with Gasteiger partial charge >= 0.3 is 0 Å². The minimum atomic E-state index is -0.209. The van der Waals surface area contributed by atoms with Gasteiger partial charge in [0.15, 0.2) is 6.61 Å². The van der Waals surface area contributed by atoms with Gasteiger partial charge in [0.2, 0.25) is 0 Å². The average Bonchev–Trinajstić information content (AvgIpc) is 2.95. The highest BCUT2D eigenvalue weighted by Gasteiger charge is 2.24. The van der Waals surface area contributed by atoms with Crippen LogP contribution in [0, 0.1) is 13.8 Å². The topological polar surface area (TPSA) is 70.1 Å². The van der Waals surface area contributed by atoms with Gasteiger partial charge in [-0.3, -0.25) is 9.59 Å². The predicted octanol–water partition coefficient (Wildman–Crippen LogP) is 2.76. The van der Waals surface area contributed by atoms with Crippen LogP contribution in [0.5, 0.6) is 11.5 Å². The summed E-state index contributed by atoms with van der Waals surface area (Å²) in [5.41, 5.74) is 2.45. The van der Waals surface area contributed by atoms with Crippen LogP contribution in [-0.4, -0.2) is 59.5 Å². The zero-order chi connectivity index (χ0) is 20.1. The van der Waals surface area contributed by atoms with Crippen molar-refractivity contribution in [3.63, 3.8) is 0 Å². The summed E-state index contributed by atoms with van der Waals surface area (Å²) < 4.78 is 5.73. The van der Waals surface area contributed by atoms with E-state index in [2.05, 4.69) is 0 Å². The minimum Gasteiger partial charge on any atom is -0.507 e. The van der Waals surface area contributed by atoms with Gasteiger partial charge < -0.3 is 19.6 Å².